The van der Waals surface area contributed by atoms with Gasteiger partial charge in [0, 0.05) is 6.07 Å². The number of halogens is 1. The monoisotopic (exact) mass is 393 g/mol. The van der Waals surface area contributed by atoms with Gasteiger partial charge in [0.05, 0.1) is 22.1 Å². The average Bonchev–Trinajstić information content (AvgIpc) is 3.11. The van der Waals surface area contributed by atoms with Crippen LogP contribution in [-0.4, -0.2) is 15.1 Å². The minimum atomic E-state index is -0.696. The molecule has 0 radical (unpaired) electrons. The highest BCUT2D eigenvalue weighted by atomic mass is 35.5. The van der Waals surface area contributed by atoms with Gasteiger partial charge in [0.15, 0.2) is 0 Å². The molecule has 1 unspecified atom stereocenters. The third-order valence-corrected chi connectivity index (χ3v) is 4.82. The first-order valence-electron chi connectivity index (χ1n) is 8.16. The summed E-state index contributed by atoms with van der Waals surface area (Å²) in [6.07, 6.45) is 0. The quantitative estimate of drug-likeness (QED) is 0.513. The van der Waals surface area contributed by atoms with E-state index in [2.05, 4.69) is 16.3 Å². The Balaban J connectivity index is 1.97. The van der Waals surface area contributed by atoms with E-state index in [0.29, 0.717) is 16.8 Å². The van der Waals surface area contributed by atoms with Gasteiger partial charge < -0.3 is 10.5 Å². The number of nitrogens with two attached hydrogens (primary N) is 1. The molecule has 0 bridgehead atoms. The summed E-state index contributed by atoms with van der Waals surface area (Å²) in [6.45, 7) is 0. The Kier molecular flexibility index (Phi) is 4.22. The third kappa shape index (κ3) is 2.74. The summed E-state index contributed by atoms with van der Waals surface area (Å²) in [6, 6.07) is 15.8. The molecule has 3 aromatic rings. The summed E-state index contributed by atoms with van der Waals surface area (Å²) >= 11 is 5.95. The number of hydrogen-bond donors (Lipinski definition) is 2. The van der Waals surface area contributed by atoms with Crippen molar-refractivity contribution >= 4 is 17.3 Å². The van der Waals surface area contributed by atoms with Crippen molar-refractivity contribution in [1.29, 1.82) is 5.26 Å². The fraction of sp³-hybridized carbons (Fsp3) is 0.0526. The van der Waals surface area contributed by atoms with Crippen molar-refractivity contribution in [3.63, 3.8) is 0 Å². The van der Waals surface area contributed by atoms with Crippen molar-refractivity contribution < 1.29 is 9.66 Å². The molecular formula is C19H12ClN5O3. The molecule has 0 saturated heterocycles. The highest BCUT2D eigenvalue weighted by molar-refractivity contribution is 6.32. The molecule has 4 rings (SSSR count). The number of aromatic nitrogens is 2. The van der Waals surface area contributed by atoms with Crippen molar-refractivity contribution in [2.45, 2.75) is 5.92 Å². The topological polar surface area (TPSA) is 131 Å². The van der Waals surface area contributed by atoms with Gasteiger partial charge in [-0.3, -0.25) is 15.2 Å². The number of nitro benzene ring substituents is 1. The molecule has 0 saturated carbocycles. The summed E-state index contributed by atoms with van der Waals surface area (Å²) in [4.78, 5) is 10.8. The number of H-pyrrole nitrogens is 1. The predicted molar refractivity (Wildman–Crippen MR) is 101 cm³/mol. The van der Waals surface area contributed by atoms with E-state index in [-0.39, 0.29) is 28.0 Å². The Morgan fingerprint density at radius 1 is 1.29 bits per heavy atom. The average molecular weight is 394 g/mol. The minimum Gasteiger partial charge on any atom is -0.420 e. The van der Waals surface area contributed by atoms with Gasteiger partial charge in [0.25, 0.3) is 5.69 Å². The molecule has 1 aliphatic rings. The lowest BCUT2D eigenvalue weighted by Crippen LogP contribution is -2.21. The summed E-state index contributed by atoms with van der Waals surface area (Å²) < 4.78 is 5.52. The normalized spacial score (nSPS) is 15.5. The Morgan fingerprint density at radius 2 is 2.04 bits per heavy atom. The first-order chi connectivity index (χ1) is 13.5. The van der Waals surface area contributed by atoms with Crippen LogP contribution in [0.15, 0.2) is 60.0 Å². The van der Waals surface area contributed by atoms with Gasteiger partial charge in [0.2, 0.25) is 11.8 Å². The van der Waals surface area contributed by atoms with Crippen molar-refractivity contribution in [2.24, 2.45) is 5.73 Å². The lowest BCUT2D eigenvalue weighted by atomic mass is 9.83. The van der Waals surface area contributed by atoms with Gasteiger partial charge in [-0.1, -0.05) is 48.0 Å². The fourth-order valence-corrected chi connectivity index (χ4v) is 3.44. The molecular weight excluding hydrogens is 382 g/mol. The summed E-state index contributed by atoms with van der Waals surface area (Å²) in [5, 5.41) is 28.1. The number of hydrogen-bond acceptors (Lipinski definition) is 6. The molecule has 0 fully saturated rings. The van der Waals surface area contributed by atoms with Crippen molar-refractivity contribution in [3.8, 4) is 23.2 Å². The number of nitrogens with zero attached hydrogens (tertiary/aromatic N) is 3. The molecule has 0 spiro atoms. The Morgan fingerprint density at radius 3 is 2.71 bits per heavy atom. The van der Waals surface area contributed by atoms with Crippen LogP contribution < -0.4 is 10.5 Å². The maximum absolute atomic E-state index is 11.3. The minimum absolute atomic E-state index is 0.00645. The number of nitrogens with one attached hydrogen (secondary N) is 1. The molecule has 1 aliphatic heterocycles. The first kappa shape index (κ1) is 17.6. The van der Waals surface area contributed by atoms with Crippen LogP contribution in [0.2, 0.25) is 5.02 Å². The van der Waals surface area contributed by atoms with Crippen LogP contribution in [0.1, 0.15) is 17.0 Å². The van der Waals surface area contributed by atoms with Crippen LogP contribution in [0.5, 0.6) is 5.88 Å². The van der Waals surface area contributed by atoms with Crippen LogP contribution in [0.3, 0.4) is 0 Å². The molecule has 0 amide bonds. The van der Waals surface area contributed by atoms with Gasteiger partial charge in [0.1, 0.15) is 16.7 Å². The van der Waals surface area contributed by atoms with Gasteiger partial charge in [-0.05, 0) is 17.2 Å². The van der Waals surface area contributed by atoms with E-state index in [1.54, 1.807) is 6.07 Å². The van der Waals surface area contributed by atoms with E-state index < -0.39 is 10.8 Å². The van der Waals surface area contributed by atoms with E-state index in [1.807, 2.05) is 30.3 Å². The highest BCUT2D eigenvalue weighted by Crippen LogP contribution is 2.46. The largest absolute Gasteiger partial charge is 0.420 e. The second-order valence-electron chi connectivity index (χ2n) is 6.08. The third-order valence-electron chi connectivity index (χ3n) is 4.50. The number of rotatable bonds is 3. The molecule has 8 nitrogen and oxygen atoms in total. The first-order valence-corrected chi connectivity index (χ1v) is 8.54. The number of allylic oxidation sites excluding steroid dienone is 1. The predicted octanol–water partition coefficient (Wildman–Crippen LogP) is 3.86. The smallest absolute Gasteiger partial charge is 0.288 e. The number of nitro groups is 1. The molecule has 1 atom stereocenters. The molecule has 0 aliphatic carbocycles. The Hall–Kier alpha value is -3.83. The van der Waals surface area contributed by atoms with E-state index in [0.717, 1.165) is 5.56 Å². The molecule has 138 valence electrons. The van der Waals surface area contributed by atoms with Gasteiger partial charge in [-0.2, -0.15) is 5.26 Å². The number of aromatic amines is 1. The van der Waals surface area contributed by atoms with Crippen LogP contribution in [-0.2, 0) is 0 Å². The molecule has 1 aromatic heterocycles. The van der Waals surface area contributed by atoms with Crippen LogP contribution in [0.4, 0.5) is 5.69 Å². The van der Waals surface area contributed by atoms with E-state index in [1.165, 1.54) is 12.1 Å². The summed E-state index contributed by atoms with van der Waals surface area (Å²) in [5.41, 5.74) is 8.34. The number of benzene rings is 2. The van der Waals surface area contributed by atoms with Crippen molar-refractivity contribution in [2.75, 3.05) is 0 Å². The second kappa shape index (κ2) is 6.72. The Bertz CT molecular complexity index is 1160. The molecule has 3 N–H and O–H groups in total. The van der Waals surface area contributed by atoms with Crippen LogP contribution in [0.25, 0.3) is 11.3 Å². The van der Waals surface area contributed by atoms with Crippen molar-refractivity contribution in [1.82, 2.24) is 10.2 Å². The number of nitriles is 1. The van der Waals surface area contributed by atoms with Gasteiger partial charge >= 0.3 is 0 Å². The zero-order valence-corrected chi connectivity index (χ0v) is 15.0. The van der Waals surface area contributed by atoms with Crippen LogP contribution >= 0.6 is 11.6 Å². The SMILES string of the molecule is N#CC1=C(N)Oc2n[nH]c(-c3ccccc3)c2C1c1ccc(Cl)c([N+](=O)[O-])c1. The van der Waals surface area contributed by atoms with Gasteiger partial charge in [-0.25, -0.2) is 0 Å². The van der Waals surface area contributed by atoms with E-state index in [4.69, 9.17) is 22.1 Å². The van der Waals surface area contributed by atoms with Gasteiger partial charge in [-0.15, -0.1) is 5.10 Å². The lowest BCUT2D eigenvalue weighted by molar-refractivity contribution is -0.384. The zero-order valence-electron chi connectivity index (χ0n) is 14.2. The van der Waals surface area contributed by atoms with Crippen molar-refractivity contribution in [3.05, 3.63) is 86.3 Å². The molecule has 2 heterocycles. The number of ether oxygens (including phenoxy) is 1. The van der Waals surface area contributed by atoms with E-state index >= 15 is 0 Å². The zero-order chi connectivity index (χ0) is 19.8. The summed E-state index contributed by atoms with van der Waals surface area (Å²) in [5.74, 6) is -0.569. The standard InChI is InChI=1S/C19H12ClN5O3/c20-13-7-6-11(8-14(13)25(26)27)15-12(9-21)18(22)28-19-16(15)17(23-24-19)10-4-2-1-3-5-10/h1-8,15H,22H2,(H,23,24). The molecule has 9 heteroatoms. The maximum atomic E-state index is 11.3. The highest BCUT2D eigenvalue weighted by Gasteiger charge is 2.36. The van der Waals surface area contributed by atoms with E-state index in [9.17, 15) is 15.4 Å². The second-order valence-corrected chi connectivity index (χ2v) is 6.48. The molecule has 2 aromatic carbocycles. The maximum Gasteiger partial charge on any atom is 0.288 e. The fourth-order valence-electron chi connectivity index (χ4n) is 3.25. The Labute approximate surface area is 164 Å². The van der Waals surface area contributed by atoms with Crippen LogP contribution in [0, 0.1) is 21.4 Å². The summed E-state index contributed by atoms with van der Waals surface area (Å²) in [7, 11) is 0. The number of fused-ring (bicyclic) bond motifs is 1. The lowest BCUT2D eigenvalue weighted by Gasteiger charge is -2.24. The molecule has 28 heavy (non-hydrogen) atoms.